The van der Waals surface area contributed by atoms with E-state index in [9.17, 15) is 0 Å². The van der Waals surface area contributed by atoms with Crippen LogP contribution in [-0.2, 0) is 23.7 Å². The van der Waals surface area contributed by atoms with E-state index in [4.69, 9.17) is 0 Å². The van der Waals surface area contributed by atoms with Crippen LogP contribution < -0.4 is 0 Å². The van der Waals surface area contributed by atoms with Crippen molar-refractivity contribution in [2.75, 3.05) is 0 Å². The highest BCUT2D eigenvalue weighted by Gasteiger charge is 2.46. The standard InChI is InChI=1S/C28H29/c1-3-11-23(12-4-1)21-27(17-9-18-27)25-15-7-8-16-26(25)28(19-10-20-28)22-24-13-5-2-6-14-24/h1-7,11-16H,9-10,17-22H2. The van der Waals surface area contributed by atoms with Crippen LogP contribution in [-0.4, -0.2) is 0 Å². The van der Waals surface area contributed by atoms with Gasteiger partial charge in [0.25, 0.3) is 0 Å². The first-order valence-corrected chi connectivity index (χ1v) is 10.9. The highest BCUT2D eigenvalue weighted by Crippen LogP contribution is 2.54. The van der Waals surface area contributed by atoms with Crippen molar-refractivity contribution in [1.82, 2.24) is 0 Å². The molecule has 0 amide bonds. The summed E-state index contributed by atoms with van der Waals surface area (Å²) in [6.07, 6.45) is 10.3. The summed E-state index contributed by atoms with van der Waals surface area (Å²) < 4.78 is 0. The summed E-state index contributed by atoms with van der Waals surface area (Å²) in [6, 6.07) is 32.5. The van der Waals surface area contributed by atoms with Gasteiger partial charge < -0.3 is 0 Å². The van der Waals surface area contributed by atoms with Gasteiger partial charge in [0, 0.05) is 0 Å². The first-order valence-electron chi connectivity index (χ1n) is 10.9. The van der Waals surface area contributed by atoms with Crippen LogP contribution in [0.5, 0.6) is 0 Å². The van der Waals surface area contributed by atoms with Crippen LogP contribution in [0.4, 0.5) is 0 Å². The minimum Gasteiger partial charge on any atom is -0.0622 e. The first kappa shape index (κ1) is 17.7. The van der Waals surface area contributed by atoms with E-state index in [1.165, 1.54) is 62.5 Å². The van der Waals surface area contributed by atoms with Gasteiger partial charge in [0.2, 0.25) is 0 Å². The molecule has 3 aromatic carbocycles. The summed E-state index contributed by atoms with van der Waals surface area (Å²) in [4.78, 5) is 0. The third-order valence-corrected chi connectivity index (χ3v) is 7.40. The van der Waals surface area contributed by atoms with Crippen LogP contribution in [0.15, 0.2) is 78.9 Å². The van der Waals surface area contributed by atoms with Crippen molar-refractivity contribution in [2.24, 2.45) is 0 Å². The summed E-state index contributed by atoms with van der Waals surface area (Å²) in [7, 11) is 0. The molecule has 0 atom stereocenters. The Labute approximate surface area is 169 Å². The number of benzene rings is 3. The predicted octanol–water partition coefficient (Wildman–Crippen LogP) is 6.82. The fourth-order valence-electron chi connectivity index (χ4n) is 5.59. The third kappa shape index (κ3) is 3.09. The first-order chi connectivity index (χ1) is 13.8. The monoisotopic (exact) mass is 365 g/mol. The summed E-state index contributed by atoms with van der Waals surface area (Å²) in [5.41, 5.74) is 6.81. The zero-order valence-electron chi connectivity index (χ0n) is 16.7. The van der Waals surface area contributed by atoms with Gasteiger partial charge in [-0.3, -0.25) is 0 Å². The smallest absolute Gasteiger partial charge is 0.000348 e. The van der Waals surface area contributed by atoms with E-state index in [0.29, 0.717) is 10.8 Å². The Balaban J connectivity index is 1.53. The molecule has 5 rings (SSSR count). The van der Waals surface area contributed by atoms with E-state index >= 15 is 0 Å². The molecule has 0 spiro atoms. The number of rotatable bonds is 6. The van der Waals surface area contributed by atoms with Gasteiger partial charge >= 0.3 is 0 Å². The van der Waals surface area contributed by atoms with Crippen molar-refractivity contribution in [2.45, 2.75) is 62.2 Å². The fraction of sp³-hybridized carbons (Fsp3) is 0.357. The van der Waals surface area contributed by atoms with Crippen molar-refractivity contribution in [3.05, 3.63) is 107 Å². The Morgan fingerprint density at radius 3 is 1.57 bits per heavy atom. The van der Waals surface area contributed by atoms with Crippen molar-refractivity contribution in [3.63, 3.8) is 0 Å². The van der Waals surface area contributed by atoms with E-state index in [0.717, 1.165) is 0 Å². The maximum absolute atomic E-state index is 3.45. The van der Waals surface area contributed by atoms with Crippen LogP contribution in [0, 0.1) is 6.07 Å². The molecule has 0 bridgehead atoms. The van der Waals surface area contributed by atoms with Gasteiger partial charge in [0.15, 0.2) is 0 Å². The van der Waals surface area contributed by atoms with E-state index in [-0.39, 0.29) is 0 Å². The van der Waals surface area contributed by atoms with Crippen LogP contribution in [0.25, 0.3) is 0 Å². The van der Waals surface area contributed by atoms with Crippen molar-refractivity contribution >= 4 is 0 Å². The highest BCUT2D eigenvalue weighted by atomic mass is 14.5. The quantitative estimate of drug-likeness (QED) is 0.450. The van der Waals surface area contributed by atoms with E-state index in [1.54, 1.807) is 11.1 Å². The second-order valence-corrected chi connectivity index (χ2v) is 9.06. The summed E-state index contributed by atoms with van der Waals surface area (Å²) in [5, 5.41) is 0. The molecule has 0 N–H and O–H groups in total. The molecule has 0 saturated heterocycles. The molecule has 1 radical (unpaired) electrons. The lowest BCUT2D eigenvalue weighted by molar-refractivity contribution is 0.209. The molecule has 0 heterocycles. The molecule has 0 nitrogen and oxygen atoms in total. The molecule has 2 aliphatic rings. The Hall–Kier alpha value is -2.34. The second-order valence-electron chi connectivity index (χ2n) is 9.06. The molecule has 2 fully saturated rings. The Bertz CT molecular complexity index is 836. The molecule has 3 aromatic rings. The van der Waals surface area contributed by atoms with Gasteiger partial charge in [-0.05, 0) is 77.7 Å². The fourth-order valence-corrected chi connectivity index (χ4v) is 5.59. The summed E-state index contributed by atoms with van der Waals surface area (Å²) >= 11 is 0. The average molecular weight is 366 g/mol. The van der Waals surface area contributed by atoms with Crippen LogP contribution >= 0.6 is 0 Å². The minimum atomic E-state index is 0.313. The lowest BCUT2D eigenvalue weighted by Gasteiger charge is -2.50. The Kier molecular flexibility index (Phi) is 4.59. The normalized spacial score (nSPS) is 19.4. The molecule has 28 heavy (non-hydrogen) atoms. The summed E-state index contributed by atoms with van der Waals surface area (Å²) in [6.45, 7) is 0. The molecule has 2 saturated carbocycles. The minimum absolute atomic E-state index is 0.313. The Morgan fingerprint density at radius 2 is 1.11 bits per heavy atom. The van der Waals surface area contributed by atoms with E-state index in [1.807, 2.05) is 0 Å². The maximum atomic E-state index is 3.45. The van der Waals surface area contributed by atoms with Gasteiger partial charge in [0.1, 0.15) is 0 Å². The number of hydrogen-bond donors (Lipinski definition) is 0. The Morgan fingerprint density at radius 1 is 0.607 bits per heavy atom. The topological polar surface area (TPSA) is 0 Å². The molecule has 0 heteroatoms. The molecule has 141 valence electrons. The molecular formula is C28H29. The highest BCUT2D eigenvalue weighted by molar-refractivity contribution is 5.44. The third-order valence-electron chi connectivity index (χ3n) is 7.40. The van der Waals surface area contributed by atoms with Crippen LogP contribution in [0.1, 0.15) is 60.8 Å². The molecule has 0 aliphatic heterocycles. The van der Waals surface area contributed by atoms with Crippen LogP contribution in [0.2, 0.25) is 0 Å². The summed E-state index contributed by atoms with van der Waals surface area (Å²) in [5.74, 6) is 0. The van der Waals surface area contributed by atoms with Gasteiger partial charge in [-0.2, -0.15) is 0 Å². The van der Waals surface area contributed by atoms with Crippen molar-refractivity contribution < 1.29 is 0 Å². The lowest BCUT2D eigenvalue weighted by atomic mass is 9.54. The van der Waals surface area contributed by atoms with Gasteiger partial charge in [-0.1, -0.05) is 91.7 Å². The van der Waals surface area contributed by atoms with Crippen molar-refractivity contribution in [3.8, 4) is 0 Å². The van der Waals surface area contributed by atoms with Crippen molar-refractivity contribution in [1.29, 1.82) is 0 Å². The van der Waals surface area contributed by atoms with Gasteiger partial charge in [-0.15, -0.1) is 0 Å². The molecule has 0 unspecified atom stereocenters. The molecule has 0 aromatic heterocycles. The van der Waals surface area contributed by atoms with E-state index in [2.05, 4.69) is 84.9 Å². The number of hydrogen-bond acceptors (Lipinski definition) is 0. The SMILES string of the molecule is [c]1ccc(C2(Cc3ccccc3)CCC2)c(C2(Cc3ccccc3)CCC2)c1. The zero-order chi connectivity index (χ0) is 18.9. The largest absolute Gasteiger partial charge is 0.0622 e. The van der Waals surface area contributed by atoms with Gasteiger partial charge in [-0.25, -0.2) is 0 Å². The predicted molar refractivity (Wildman–Crippen MR) is 117 cm³/mol. The average Bonchev–Trinajstić information content (AvgIpc) is 2.69. The zero-order valence-corrected chi connectivity index (χ0v) is 16.7. The van der Waals surface area contributed by atoms with Gasteiger partial charge in [0.05, 0.1) is 0 Å². The maximum Gasteiger partial charge on any atom is -0.000348 e. The lowest BCUT2D eigenvalue weighted by Crippen LogP contribution is -2.43. The molecular weight excluding hydrogens is 336 g/mol. The van der Waals surface area contributed by atoms with E-state index < -0.39 is 0 Å². The molecule has 2 aliphatic carbocycles. The second kappa shape index (κ2) is 7.24. The van der Waals surface area contributed by atoms with Crippen LogP contribution in [0.3, 0.4) is 0 Å².